The van der Waals surface area contributed by atoms with Gasteiger partial charge in [-0.15, -0.1) is 0 Å². The van der Waals surface area contributed by atoms with Gasteiger partial charge < -0.3 is 5.32 Å². The molecule has 24 heavy (non-hydrogen) atoms. The van der Waals surface area contributed by atoms with Crippen molar-refractivity contribution >= 4 is 23.1 Å². The molecule has 0 bridgehead atoms. The van der Waals surface area contributed by atoms with Gasteiger partial charge in [-0.1, -0.05) is 12.1 Å². The van der Waals surface area contributed by atoms with Crippen LogP contribution in [-0.4, -0.2) is 26.4 Å². The molecule has 2 aromatic rings. The van der Waals surface area contributed by atoms with Gasteiger partial charge in [0.15, 0.2) is 5.78 Å². The largest absolute Gasteiger partial charge is 0.324 e. The Balaban J connectivity index is 2.25. The first-order valence-electron chi connectivity index (χ1n) is 7.34. The van der Waals surface area contributed by atoms with E-state index in [1.54, 1.807) is 38.1 Å². The molecule has 2 rings (SSSR count). The first-order chi connectivity index (χ1) is 11.2. The van der Waals surface area contributed by atoms with Crippen LogP contribution in [0.4, 0.5) is 11.4 Å². The van der Waals surface area contributed by atoms with Crippen molar-refractivity contribution in [3.63, 3.8) is 0 Å². The molecule has 8 heteroatoms. The molecule has 0 saturated heterocycles. The van der Waals surface area contributed by atoms with Gasteiger partial charge >= 0.3 is 5.69 Å². The monoisotopic (exact) mass is 330 g/mol. The van der Waals surface area contributed by atoms with E-state index in [-0.39, 0.29) is 23.1 Å². The zero-order valence-corrected chi connectivity index (χ0v) is 13.9. The molecule has 1 amide bonds. The van der Waals surface area contributed by atoms with E-state index in [0.29, 0.717) is 16.9 Å². The number of ketones is 1. The zero-order chi connectivity index (χ0) is 18.0. The molecule has 0 spiro atoms. The fourth-order valence-electron chi connectivity index (χ4n) is 2.47. The summed E-state index contributed by atoms with van der Waals surface area (Å²) in [6, 6.07) is 5.84. The van der Waals surface area contributed by atoms with E-state index in [2.05, 4.69) is 10.4 Å². The van der Waals surface area contributed by atoms with Crippen LogP contribution in [0.1, 0.15) is 41.6 Å². The number of Topliss-reactive ketones (excluding diaryl/α,β-unsaturated/α-hetero) is 1. The Bertz CT molecular complexity index is 825. The van der Waals surface area contributed by atoms with Crippen molar-refractivity contribution in [3.8, 4) is 0 Å². The summed E-state index contributed by atoms with van der Waals surface area (Å²) >= 11 is 0. The Hall–Kier alpha value is -3.03. The normalized spacial score (nSPS) is 11.8. The molecule has 1 atom stereocenters. The molecule has 1 N–H and O–H groups in total. The summed E-state index contributed by atoms with van der Waals surface area (Å²) in [5, 5.41) is 17.9. The lowest BCUT2D eigenvalue weighted by molar-refractivity contribution is -0.386. The number of nitrogens with zero attached hydrogens (tertiary/aromatic N) is 3. The summed E-state index contributed by atoms with van der Waals surface area (Å²) in [5.74, 6) is -0.482. The van der Waals surface area contributed by atoms with Crippen molar-refractivity contribution in [2.24, 2.45) is 0 Å². The maximum atomic E-state index is 12.4. The first kappa shape index (κ1) is 17.3. The predicted molar refractivity (Wildman–Crippen MR) is 88.1 cm³/mol. The molecular formula is C16H18N4O4. The average Bonchev–Trinajstić information content (AvgIpc) is 2.81. The van der Waals surface area contributed by atoms with E-state index in [1.165, 1.54) is 18.5 Å². The van der Waals surface area contributed by atoms with Gasteiger partial charge in [-0.3, -0.25) is 24.4 Å². The molecule has 1 unspecified atom stereocenters. The summed E-state index contributed by atoms with van der Waals surface area (Å²) in [7, 11) is 0. The lowest BCUT2D eigenvalue weighted by Crippen LogP contribution is -2.25. The van der Waals surface area contributed by atoms with Crippen LogP contribution in [0.3, 0.4) is 0 Å². The van der Waals surface area contributed by atoms with Crippen LogP contribution >= 0.6 is 0 Å². The summed E-state index contributed by atoms with van der Waals surface area (Å²) in [6.45, 7) is 6.13. The van der Waals surface area contributed by atoms with Crippen molar-refractivity contribution in [2.75, 3.05) is 5.32 Å². The second kappa shape index (κ2) is 6.61. The summed E-state index contributed by atoms with van der Waals surface area (Å²) < 4.78 is 1.33. The number of amides is 1. The number of anilines is 1. The molecular weight excluding hydrogens is 312 g/mol. The minimum Gasteiger partial charge on any atom is -0.324 e. The van der Waals surface area contributed by atoms with Gasteiger partial charge in [0.05, 0.1) is 4.92 Å². The number of rotatable bonds is 5. The highest BCUT2D eigenvalue weighted by atomic mass is 16.6. The molecule has 0 aliphatic heterocycles. The van der Waals surface area contributed by atoms with Crippen LogP contribution in [0.2, 0.25) is 0 Å². The van der Waals surface area contributed by atoms with Gasteiger partial charge in [0.2, 0.25) is 5.91 Å². The number of aromatic nitrogens is 2. The fourth-order valence-corrected chi connectivity index (χ4v) is 2.47. The Kier molecular flexibility index (Phi) is 4.77. The smallest absolute Gasteiger partial charge is 0.312 e. The van der Waals surface area contributed by atoms with Crippen LogP contribution in [0.5, 0.6) is 0 Å². The third kappa shape index (κ3) is 3.32. The Morgan fingerprint density at radius 3 is 2.54 bits per heavy atom. The molecule has 0 aliphatic rings. The van der Waals surface area contributed by atoms with E-state index >= 15 is 0 Å². The molecule has 126 valence electrons. The Labute approximate surface area is 138 Å². The van der Waals surface area contributed by atoms with E-state index in [0.717, 1.165) is 0 Å². The fraction of sp³-hybridized carbons (Fsp3) is 0.312. The van der Waals surface area contributed by atoms with Crippen molar-refractivity contribution < 1.29 is 14.5 Å². The molecule has 1 aromatic heterocycles. The highest BCUT2D eigenvalue weighted by Crippen LogP contribution is 2.25. The van der Waals surface area contributed by atoms with E-state index in [9.17, 15) is 19.7 Å². The number of nitrogens with one attached hydrogen (secondary N) is 1. The van der Waals surface area contributed by atoms with Crippen LogP contribution in [-0.2, 0) is 4.79 Å². The predicted octanol–water partition coefficient (Wildman–Crippen LogP) is 2.81. The first-order valence-corrected chi connectivity index (χ1v) is 7.34. The Morgan fingerprint density at radius 1 is 1.33 bits per heavy atom. The molecule has 0 aliphatic carbocycles. The molecule has 8 nitrogen and oxygen atoms in total. The SMILES string of the molecule is CC(=O)c1cccc(NC(=O)C(C)n2nc(C)c([N+](=O)[O-])c2C)c1. The van der Waals surface area contributed by atoms with Gasteiger partial charge in [-0.05, 0) is 39.8 Å². The maximum absolute atomic E-state index is 12.4. The maximum Gasteiger partial charge on any atom is 0.312 e. The van der Waals surface area contributed by atoms with Crippen molar-refractivity contribution in [1.82, 2.24) is 9.78 Å². The molecule has 0 radical (unpaired) electrons. The topological polar surface area (TPSA) is 107 Å². The van der Waals surface area contributed by atoms with Crippen LogP contribution < -0.4 is 5.32 Å². The van der Waals surface area contributed by atoms with E-state index < -0.39 is 11.0 Å². The van der Waals surface area contributed by atoms with Gasteiger partial charge in [-0.2, -0.15) is 5.10 Å². The highest BCUT2D eigenvalue weighted by molar-refractivity contribution is 5.97. The number of benzene rings is 1. The molecule has 0 fully saturated rings. The quantitative estimate of drug-likeness (QED) is 0.515. The molecule has 1 aromatic carbocycles. The summed E-state index contributed by atoms with van der Waals surface area (Å²) in [5.41, 5.74) is 1.46. The van der Waals surface area contributed by atoms with E-state index in [4.69, 9.17) is 0 Å². The lowest BCUT2D eigenvalue weighted by atomic mass is 10.1. The number of hydrogen-bond acceptors (Lipinski definition) is 5. The minimum absolute atomic E-state index is 0.0896. The standard InChI is InChI=1S/C16H18N4O4/c1-9-15(20(23)24)10(2)19(18-9)11(3)16(22)17-14-7-5-6-13(8-14)12(4)21/h5-8,11H,1-4H3,(H,17,22). The van der Waals surface area contributed by atoms with Gasteiger partial charge in [0.1, 0.15) is 17.4 Å². The van der Waals surface area contributed by atoms with Crippen LogP contribution in [0.25, 0.3) is 0 Å². The lowest BCUT2D eigenvalue weighted by Gasteiger charge is -2.14. The Morgan fingerprint density at radius 2 is 2.00 bits per heavy atom. The van der Waals surface area contributed by atoms with Crippen LogP contribution in [0, 0.1) is 24.0 Å². The number of carbonyl (C=O) groups is 2. The van der Waals surface area contributed by atoms with Gasteiger partial charge in [0.25, 0.3) is 0 Å². The third-order valence-corrected chi connectivity index (χ3v) is 3.75. The van der Waals surface area contributed by atoms with Crippen molar-refractivity contribution in [3.05, 3.63) is 51.3 Å². The highest BCUT2D eigenvalue weighted by Gasteiger charge is 2.27. The number of nitro groups is 1. The zero-order valence-electron chi connectivity index (χ0n) is 13.9. The number of aryl methyl sites for hydroxylation is 1. The third-order valence-electron chi connectivity index (χ3n) is 3.75. The van der Waals surface area contributed by atoms with Crippen LogP contribution in [0.15, 0.2) is 24.3 Å². The van der Waals surface area contributed by atoms with Crippen molar-refractivity contribution in [2.45, 2.75) is 33.7 Å². The van der Waals surface area contributed by atoms with Crippen molar-refractivity contribution in [1.29, 1.82) is 0 Å². The average molecular weight is 330 g/mol. The molecule has 0 saturated carbocycles. The second-order valence-electron chi connectivity index (χ2n) is 5.52. The number of carbonyl (C=O) groups excluding carboxylic acids is 2. The summed E-state index contributed by atoms with van der Waals surface area (Å²) in [6.07, 6.45) is 0. The van der Waals surface area contributed by atoms with Gasteiger partial charge in [0, 0.05) is 11.3 Å². The van der Waals surface area contributed by atoms with E-state index in [1.807, 2.05) is 0 Å². The summed E-state index contributed by atoms with van der Waals surface area (Å²) in [4.78, 5) is 34.4. The molecule has 1 heterocycles. The van der Waals surface area contributed by atoms with Gasteiger partial charge in [-0.25, -0.2) is 0 Å². The minimum atomic E-state index is -0.738. The number of hydrogen-bond donors (Lipinski definition) is 1. The second-order valence-corrected chi connectivity index (χ2v) is 5.52.